The molecule has 1 aromatic rings. The van der Waals surface area contributed by atoms with Gasteiger partial charge >= 0.3 is 5.97 Å². The van der Waals surface area contributed by atoms with Crippen molar-refractivity contribution >= 4 is 22.4 Å². The number of carboxylic acids is 1. The SMILES string of the molecule is CCCCCNc1nc(C(N)C(=O)O)cs1. The van der Waals surface area contributed by atoms with Crippen LogP contribution in [-0.4, -0.2) is 22.6 Å². The second kappa shape index (κ2) is 6.44. The number of anilines is 1. The number of hydrogen-bond donors (Lipinski definition) is 3. The van der Waals surface area contributed by atoms with Gasteiger partial charge in [-0.3, -0.25) is 4.79 Å². The number of carboxylic acid groups (broad SMARTS) is 1. The Morgan fingerprint density at radius 1 is 1.69 bits per heavy atom. The first-order chi connectivity index (χ1) is 7.65. The summed E-state index contributed by atoms with van der Waals surface area (Å²) >= 11 is 1.39. The maximum Gasteiger partial charge on any atom is 0.326 e. The van der Waals surface area contributed by atoms with Crippen LogP contribution < -0.4 is 11.1 Å². The molecule has 1 heterocycles. The molecule has 0 radical (unpaired) electrons. The summed E-state index contributed by atoms with van der Waals surface area (Å²) in [7, 11) is 0. The fourth-order valence-electron chi connectivity index (χ4n) is 1.21. The van der Waals surface area contributed by atoms with Crippen LogP contribution in [-0.2, 0) is 4.79 Å². The Bertz CT molecular complexity index is 341. The predicted molar refractivity (Wildman–Crippen MR) is 64.7 cm³/mol. The molecule has 6 heteroatoms. The molecule has 90 valence electrons. The Morgan fingerprint density at radius 3 is 3.06 bits per heavy atom. The average Bonchev–Trinajstić information content (AvgIpc) is 2.72. The second-order valence-electron chi connectivity index (χ2n) is 3.53. The number of rotatable bonds is 7. The van der Waals surface area contributed by atoms with Gasteiger partial charge in [-0.05, 0) is 6.42 Å². The molecule has 0 saturated heterocycles. The van der Waals surface area contributed by atoms with E-state index in [1.165, 1.54) is 24.2 Å². The number of nitrogens with two attached hydrogens (primary N) is 1. The van der Waals surface area contributed by atoms with E-state index in [1.807, 2.05) is 0 Å². The van der Waals surface area contributed by atoms with Gasteiger partial charge in [-0.25, -0.2) is 4.98 Å². The summed E-state index contributed by atoms with van der Waals surface area (Å²) in [5, 5.41) is 14.3. The molecule has 1 atom stereocenters. The van der Waals surface area contributed by atoms with Gasteiger partial charge in [0, 0.05) is 11.9 Å². The Hall–Kier alpha value is -1.14. The van der Waals surface area contributed by atoms with Gasteiger partial charge in [0.2, 0.25) is 0 Å². The lowest BCUT2D eigenvalue weighted by Crippen LogP contribution is -2.20. The quantitative estimate of drug-likeness (QED) is 0.636. The zero-order valence-electron chi connectivity index (χ0n) is 9.27. The van der Waals surface area contributed by atoms with Gasteiger partial charge in [0.15, 0.2) is 5.13 Å². The number of nitrogens with zero attached hydrogens (tertiary/aromatic N) is 1. The van der Waals surface area contributed by atoms with Crippen LogP contribution in [0.15, 0.2) is 5.38 Å². The highest BCUT2D eigenvalue weighted by Gasteiger charge is 2.17. The summed E-state index contributed by atoms with van der Waals surface area (Å²) in [5.74, 6) is -1.05. The fourth-order valence-corrected chi connectivity index (χ4v) is 1.98. The van der Waals surface area contributed by atoms with E-state index in [4.69, 9.17) is 10.8 Å². The lowest BCUT2D eigenvalue weighted by atomic mass is 10.2. The first-order valence-electron chi connectivity index (χ1n) is 5.32. The van der Waals surface area contributed by atoms with Crippen molar-refractivity contribution in [2.24, 2.45) is 5.73 Å². The molecule has 16 heavy (non-hydrogen) atoms. The van der Waals surface area contributed by atoms with Crippen LogP contribution in [0, 0.1) is 0 Å². The molecule has 0 bridgehead atoms. The largest absolute Gasteiger partial charge is 0.480 e. The molecule has 1 aromatic heterocycles. The number of nitrogens with one attached hydrogen (secondary N) is 1. The molecule has 0 saturated carbocycles. The molecule has 1 rings (SSSR count). The molecule has 0 spiro atoms. The van der Waals surface area contributed by atoms with E-state index in [1.54, 1.807) is 5.38 Å². The minimum absolute atomic E-state index is 0.412. The third-order valence-electron chi connectivity index (χ3n) is 2.16. The molecule has 0 aliphatic rings. The van der Waals surface area contributed by atoms with E-state index in [2.05, 4.69) is 17.2 Å². The maximum atomic E-state index is 10.6. The van der Waals surface area contributed by atoms with Crippen LogP contribution in [0.5, 0.6) is 0 Å². The van der Waals surface area contributed by atoms with Crippen molar-refractivity contribution in [1.29, 1.82) is 0 Å². The molecule has 0 aromatic carbocycles. The summed E-state index contributed by atoms with van der Waals surface area (Å²) in [5.41, 5.74) is 5.86. The number of hydrogen-bond acceptors (Lipinski definition) is 5. The second-order valence-corrected chi connectivity index (χ2v) is 4.39. The monoisotopic (exact) mass is 243 g/mol. The van der Waals surface area contributed by atoms with Gasteiger partial charge in [0.1, 0.15) is 6.04 Å². The third kappa shape index (κ3) is 3.79. The van der Waals surface area contributed by atoms with Gasteiger partial charge in [-0.15, -0.1) is 11.3 Å². The van der Waals surface area contributed by atoms with Crippen LogP contribution in [0.4, 0.5) is 5.13 Å². The molecular weight excluding hydrogens is 226 g/mol. The number of thiazole rings is 1. The van der Waals surface area contributed by atoms with Crippen LogP contribution >= 0.6 is 11.3 Å². The first-order valence-corrected chi connectivity index (χ1v) is 6.20. The normalized spacial score (nSPS) is 12.4. The van der Waals surface area contributed by atoms with E-state index in [0.717, 1.165) is 18.1 Å². The standard InChI is InChI=1S/C10H17N3O2S/c1-2-3-4-5-12-10-13-7(6-16-10)8(11)9(14)15/h6,8H,2-5,11H2,1H3,(H,12,13)(H,14,15). The molecule has 4 N–H and O–H groups in total. The van der Waals surface area contributed by atoms with E-state index >= 15 is 0 Å². The maximum absolute atomic E-state index is 10.6. The average molecular weight is 243 g/mol. The van der Waals surface area contributed by atoms with Crippen molar-refractivity contribution in [2.45, 2.75) is 32.2 Å². The zero-order valence-corrected chi connectivity index (χ0v) is 10.1. The first kappa shape index (κ1) is 12.9. The minimum atomic E-state index is -1.05. The molecule has 0 aliphatic heterocycles. The number of carbonyl (C=O) groups is 1. The predicted octanol–water partition coefficient (Wildman–Crippen LogP) is 1.83. The van der Waals surface area contributed by atoms with Crippen LogP contribution in [0.2, 0.25) is 0 Å². The highest BCUT2D eigenvalue weighted by Crippen LogP contribution is 2.19. The Labute approximate surface area is 98.7 Å². The van der Waals surface area contributed by atoms with E-state index in [9.17, 15) is 4.79 Å². The molecule has 0 aliphatic carbocycles. The molecule has 1 unspecified atom stereocenters. The van der Waals surface area contributed by atoms with Crippen LogP contribution in [0.25, 0.3) is 0 Å². The minimum Gasteiger partial charge on any atom is -0.480 e. The van der Waals surface area contributed by atoms with Gasteiger partial charge in [0.25, 0.3) is 0 Å². The van der Waals surface area contributed by atoms with Gasteiger partial charge in [-0.1, -0.05) is 19.8 Å². The third-order valence-corrected chi connectivity index (χ3v) is 2.98. The zero-order chi connectivity index (χ0) is 12.0. The summed E-state index contributed by atoms with van der Waals surface area (Å²) in [4.78, 5) is 14.8. The van der Waals surface area contributed by atoms with Crippen LogP contribution in [0.1, 0.15) is 37.9 Å². The fraction of sp³-hybridized carbons (Fsp3) is 0.600. The number of aliphatic carboxylic acids is 1. The van der Waals surface area contributed by atoms with Crippen LogP contribution in [0.3, 0.4) is 0 Å². The van der Waals surface area contributed by atoms with Crippen molar-refractivity contribution in [3.05, 3.63) is 11.1 Å². The molecule has 0 amide bonds. The smallest absolute Gasteiger partial charge is 0.326 e. The van der Waals surface area contributed by atoms with Crippen molar-refractivity contribution in [2.75, 3.05) is 11.9 Å². The van der Waals surface area contributed by atoms with Gasteiger partial charge in [-0.2, -0.15) is 0 Å². The summed E-state index contributed by atoms with van der Waals surface area (Å²) < 4.78 is 0. The van der Waals surface area contributed by atoms with Crippen molar-refractivity contribution in [3.63, 3.8) is 0 Å². The van der Waals surface area contributed by atoms with Crippen molar-refractivity contribution in [3.8, 4) is 0 Å². The highest BCUT2D eigenvalue weighted by molar-refractivity contribution is 7.13. The Balaban J connectivity index is 2.42. The van der Waals surface area contributed by atoms with E-state index in [0.29, 0.717) is 5.69 Å². The summed E-state index contributed by atoms with van der Waals surface area (Å²) in [6.45, 7) is 3.01. The molecule has 5 nitrogen and oxygen atoms in total. The Morgan fingerprint density at radius 2 is 2.44 bits per heavy atom. The summed E-state index contributed by atoms with van der Waals surface area (Å²) in [6.07, 6.45) is 3.45. The van der Waals surface area contributed by atoms with Crippen molar-refractivity contribution < 1.29 is 9.90 Å². The highest BCUT2D eigenvalue weighted by atomic mass is 32.1. The summed E-state index contributed by atoms with van der Waals surface area (Å²) in [6, 6.07) is -1.03. The van der Waals surface area contributed by atoms with Crippen molar-refractivity contribution in [1.82, 2.24) is 4.98 Å². The van der Waals surface area contributed by atoms with E-state index in [-0.39, 0.29) is 0 Å². The lowest BCUT2D eigenvalue weighted by Gasteiger charge is -2.02. The molecule has 0 fully saturated rings. The number of unbranched alkanes of at least 4 members (excludes halogenated alkanes) is 2. The van der Waals surface area contributed by atoms with E-state index < -0.39 is 12.0 Å². The topological polar surface area (TPSA) is 88.2 Å². The Kier molecular flexibility index (Phi) is 5.21. The van der Waals surface area contributed by atoms with Gasteiger partial charge < -0.3 is 16.2 Å². The lowest BCUT2D eigenvalue weighted by molar-refractivity contribution is -0.138. The molecular formula is C10H17N3O2S. The number of aromatic nitrogens is 1. The van der Waals surface area contributed by atoms with Gasteiger partial charge in [0.05, 0.1) is 5.69 Å².